The second kappa shape index (κ2) is 11.8. The van der Waals surface area contributed by atoms with Gasteiger partial charge in [-0.05, 0) is 90.5 Å². The van der Waals surface area contributed by atoms with Gasteiger partial charge in [0.05, 0.1) is 5.69 Å². The third-order valence-corrected chi connectivity index (χ3v) is 7.93. The number of nitrogens with one attached hydrogen (secondary N) is 2. The Balaban J connectivity index is 1.54. The predicted octanol–water partition coefficient (Wildman–Crippen LogP) is 8.18. The highest BCUT2D eigenvalue weighted by Crippen LogP contribution is 2.33. The third kappa shape index (κ3) is 6.81. The van der Waals surface area contributed by atoms with Crippen LogP contribution in [0.15, 0.2) is 77.7 Å². The molecule has 1 aliphatic heterocycles. The fourth-order valence-electron chi connectivity index (χ4n) is 4.98. The molecule has 1 aromatic heterocycles. The molecule has 0 saturated carbocycles. The molecule has 2 heterocycles. The van der Waals surface area contributed by atoms with Gasteiger partial charge in [-0.2, -0.15) is 4.98 Å². The fourth-order valence-corrected chi connectivity index (χ4v) is 5.64. The Morgan fingerprint density at radius 2 is 1.64 bits per heavy atom. The predicted molar refractivity (Wildman–Crippen MR) is 162 cm³/mol. The van der Waals surface area contributed by atoms with E-state index in [1.165, 1.54) is 34.2 Å². The van der Waals surface area contributed by atoms with Crippen LogP contribution in [0.1, 0.15) is 67.5 Å². The zero-order valence-corrected chi connectivity index (χ0v) is 24.4. The van der Waals surface area contributed by atoms with Crippen LogP contribution < -0.4 is 14.8 Å². The van der Waals surface area contributed by atoms with Gasteiger partial charge in [0.25, 0.3) is 0 Å². The normalized spacial score (nSPS) is 16.4. The molecule has 0 fully saturated rings. The van der Waals surface area contributed by atoms with Crippen LogP contribution in [-0.4, -0.2) is 16.5 Å². The average molecular weight is 539 g/mol. The number of fused-ring (bicyclic) bond motifs is 4. The van der Waals surface area contributed by atoms with Gasteiger partial charge in [-0.3, -0.25) is 4.72 Å². The van der Waals surface area contributed by atoms with Crippen LogP contribution >= 0.6 is 11.9 Å². The summed E-state index contributed by atoms with van der Waals surface area (Å²) in [7, 11) is 0. The first-order valence-electron chi connectivity index (χ1n) is 13.7. The van der Waals surface area contributed by atoms with Crippen molar-refractivity contribution in [1.82, 2.24) is 15.3 Å². The van der Waals surface area contributed by atoms with Crippen LogP contribution in [0, 0.1) is 13.8 Å². The monoisotopic (exact) mass is 538 g/mol. The second-order valence-electron chi connectivity index (χ2n) is 11.3. The smallest absolute Gasteiger partial charge is 0.237 e. The topological polar surface area (TPSA) is 59.1 Å². The number of nitrogens with zero attached hydrogens (tertiary/aromatic N) is 2. The summed E-state index contributed by atoms with van der Waals surface area (Å²) in [5, 5.41) is 3.60. The molecule has 0 aliphatic carbocycles. The number of ether oxygens (including phenoxy) is 1. The number of hydrogen-bond acceptors (Lipinski definition) is 6. The second-order valence-corrected chi connectivity index (χ2v) is 12.2. The summed E-state index contributed by atoms with van der Waals surface area (Å²) in [6.45, 7) is 12.7. The van der Waals surface area contributed by atoms with Crippen LogP contribution in [0.2, 0.25) is 0 Å². The van der Waals surface area contributed by atoms with Crippen molar-refractivity contribution >= 4 is 17.9 Å². The summed E-state index contributed by atoms with van der Waals surface area (Å²) in [6.07, 6.45) is 1.75. The van der Waals surface area contributed by atoms with Gasteiger partial charge in [0.1, 0.15) is 6.10 Å². The molecule has 1 unspecified atom stereocenters. The van der Waals surface area contributed by atoms with Crippen molar-refractivity contribution in [2.45, 2.75) is 70.4 Å². The number of aromatic nitrogens is 2. The van der Waals surface area contributed by atoms with Gasteiger partial charge in [-0.1, -0.05) is 75.4 Å². The molecule has 4 bridgehead atoms. The van der Waals surface area contributed by atoms with Crippen LogP contribution in [0.5, 0.6) is 5.88 Å². The van der Waals surface area contributed by atoms with E-state index < -0.39 is 0 Å². The van der Waals surface area contributed by atoms with E-state index >= 15 is 0 Å². The van der Waals surface area contributed by atoms with E-state index in [1.54, 1.807) is 0 Å². The number of hydrogen-bond donors (Lipinski definition) is 2. The maximum atomic E-state index is 6.70. The van der Waals surface area contributed by atoms with E-state index in [0.29, 0.717) is 11.8 Å². The maximum absolute atomic E-state index is 6.70. The molecule has 2 N–H and O–H groups in total. The lowest BCUT2D eigenvalue weighted by Gasteiger charge is -2.23. The van der Waals surface area contributed by atoms with E-state index in [2.05, 4.69) is 111 Å². The van der Waals surface area contributed by atoms with Crippen molar-refractivity contribution in [3.05, 3.63) is 101 Å². The standard InChI is InChI=1S/C33H38N4OS/c1-22-9-6-10-23(2)31(22)28-20-30-36-32(35-28)37-39-27-12-7-11-24(19-27)21-34-18-8-13-29(38-30)25-14-16-26(17-15-25)33(3,4)5/h6-7,9-12,14-17,19-20,29,34H,8,13,18,21H2,1-5H3,(H,35,36,37). The van der Waals surface area contributed by atoms with Crippen molar-refractivity contribution in [3.8, 4) is 17.1 Å². The highest BCUT2D eigenvalue weighted by molar-refractivity contribution is 8.00. The highest BCUT2D eigenvalue weighted by atomic mass is 32.2. The first kappa shape index (κ1) is 27.2. The largest absolute Gasteiger partial charge is 0.469 e. The highest BCUT2D eigenvalue weighted by Gasteiger charge is 2.20. The molecule has 5 nitrogen and oxygen atoms in total. The third-order valence-electron chi connectivity index (χ3n) is 7.16. The van der Waals surface area contributed by atoms with Crippen LogP contribution in [0.25, 0.3) is 11.3 Å². The van der Waals surface area contributed by atoms with Crippen LogP contribution in [-0.2, 0) is 12.0 Å². The van der Waals surface area contributed by atoms with E-state index in [1.807, 2.05) is 6.07 Å². The first-order valence-corrected chi connectivity index (χ1v) is 14.5. The van der Waals surface area contributed by atoms with Gasteiger partial charge in [-0.15, -0.1) is 0 Å². The molecule has 0 amide bonds. The van der Waals surface area contributed by atoms with E-state index in [9.17, 15) is 0 Å². The fraction of sp³-hybridized carbons (Fsp3) is 0.333. The SMILES string of the molecule is Cc1cccc(C)c1-c1cc2nc(n1)NSc1cccc(c1)CNCCCC(c1ccc(C(C)(C)C)cc1)O2. The zero-order chi connectivity index (χ0) is 27.4. The van der Waals surface area contributed by atoms with Gasteiger partial charge in [-0.25, -0.2) is 4.98 Å². The summed E-state index contributed by atoms with van der Waals surface area (Å²) in [6, 6.07) is 25.8. The molecule has 1 atom stereocenters. The number of anilines is 1. The minimum Gasteiger partial charge on any atom is -0.469 e. The maximum Gasteiger partial charge on any atom is 0.237 e. The lowest BCUT2D eigenvalue weighted by Crippen LogP contribution is -2.17. The summed E-state index contributed by atoms with van der Waals surface area (Å²) in [5.74, 6) is 1.11. The van der Waals surface area contributed by atoms with Crippen LogP contribution in [0.3, 0.4) is 0 Å². The lowest BCUT2D eigenvalue weighted by atomic mass is 9.86. The lowest BCUT2D eigenvalue weighted by molar-refractivity contribution is 0.183. The Labute approximate surface area is 237 Å². The molecule has 3 aromatic carbocycles. The number of benzene rings is 3. The quantitative estimate of drug-likeness (QED) is 0.251. The van der Waals surface area contributed by atoms with Crippen molar-refractivity contribution in [1.29, 1.82) is 0 Å². The Bertz CT molecular complexity index is 1410. The molecule has 6 heteroatoms. The summed E-state index contributed by atoms with van der Waals surface area (Å²) < 4.78 is 10.1. The summed E-state index contributed by atoms with van der Waals surface area (Å²) in [5.41, 5.74) is 8.17. The molecule has 4 aromatic rings. The molecule has 5 rings (SSSR count). The van der Waals surface area contributed by atoms with Gasteiger partial charge in [0, 0.05) is 23.1 Å². The van der Waals surface area contributed by atoms with Crippen molar-refractivity contribution in [3.63, 3.8) is 0 Å². The van der Waals surface area contributed by atoms with E-state index in [4.69, 9.17) is 14.7 Å². The minimum atomic E-state index is -0.117. The van der Waals surface area contributed by atoms with Gasteiger partial charge in [0.2, 0.25) is 11.8 Å². The average Bonchev–Trinajstić information content (AvgIpc) is 2.91. The molecule has 0 spiro atoms. The minimum absolute atomic E-state index is 0.104. The van der Waals surface area contributed by atoms with Gasteiger partial charge < -0.3 is 10.1 Å². The Kier molecular flexibility index (Phi) is 8.24. The van der Waals surface area contributed by atoms with Crippen LogP contribution in [0.4, 0.5) is 5.95 Å². The Hall–Kier alpha value is -3.35. The zero-order valence-electron chi connectivity index (χ0n) is 23.5. The Morgan fingerprint density at radius 3 is 2.38 bits per heavy atom. The summed E-state index contributed by atoms with van der Waals surface area (Å²) >= 11 is 1.52. The molecular formula is C33H38N4OS. The van der Waals surface area contributed by atoms with Gasteiger partial charge in [0.15, 0.2) is 0 Å². The van der Waals surface area contributed by atoms with Crippen molar-refractivity contribution in [2.75, 3.05) is 11.3 Å². The molecule has 202 valence electrons. The number of aryl methyl sites for hydroxylation is 2. The Morgan fingerprint density at radius 1 is 0.897 bits per heavy atom. The first-order chi connectivity index (χ1) is 18.8. The number of rotatable bonds is 2. The van der Waals surface area contributed by atoms with Crippen molar-refractivity contribution in [2.24, 2.45) is 0 Å². The molecule has 0 saturated heterocycles. The van der Waals surface area contributed by atoms with E-state index in [-0.39, 0.29) is 11.5 Å². The van der Waals surface area contributed by atoms with Gasteiger partial charge >= 0.3 is 0 Å². The molecular weight excluding hydrogens is 500 g/mol. The molecule has 1 aliphatic rings. The van der Waals surface area contributed by atoms with Crippen molar-refractivity contribution < 1.29 is 4.74 Å². The summed E-state index contributed by atoms with van der Waals surface area (Å²) in [4.78, 5) is 10.9. The van der Waals surface area contributed by atoms with E-state index in [0.717, 1.165) is 47.6 Å². The molecule has 39 heavy (non-hydrogen) atoms. The molecule has 0 radical (unpaired) electrons.